The predicted molar refractivity (Wildman–Crippen MR) is 236 cm³/mol. The van der Waals surface area contributed by atoms with Crippen LogP contribution in [0.4, 0.5) is 17.2 Å². The van der Waals surface area contributed by atoms with Gasteiger partial charge in [-0.25, -0.2) is 27.0 Å². The maximum absolute atomic E-state index is 13.9. The quantitative estimate of drug-likeness (QED) is 0.0942. The molecule has 0 radical (unpaired) electrons. The van der Waals surface area contributed by atoms with Crippen molar-refractivity contribution in [2.75, 3.05) is 47.5 Å². The molecule has 3 amide bonds. The lowest BCUT2D eigenvalue weighted by Crippen LogP contribution is -2.42. The zero-order valence-electron chi connectivity index (χ0n) is 34.6. The monoisotopic (exact) mass is 887 g/mol. The molecule has 0 atom stereocenters. The van der Waals surface area contributed by atoms with Crippen LogP contribution >= 0.6 is 0 Å². The zero-order valence-corrected chi connectivity index (χ0v) is 36.2. The minimum Gasteiger partial charge on any atom is -0.481 e. The molecule has 6 rings (SSSR count). The number of hydrogen-bond acceptors (Lipinski definition) is 10. The standard InChI is InChI=1S/C44H53N7O9S2/c1-2-51(36-21-17-33(18-22-36)44(55)56)62(59,60)37-8-6-7-34(29-37)42(53)48-38-23-24-39(50-26-4-3-5-27-50)49-40(38)43(54)47-35-19-13-31(14-20-35)10-9-30-11-15-32(16-12-30)41(52)46-25-28-61(45,57)58/h6-8,11-16,19-20,23-24,29,33,36H,2-5,9-10,17-18,21-22,25-28H2,1H3,(H,46,52)(H,47,54)(H,48,53)(H,55,56)(H2,45,57,58). The fourth-order valence-corrected chi connectivity index (χ4v) is 9.98. The van der Waals surface area contributed by atoms with E-state index in [0.717, 1.165) is 43.5 Å². The minimum absolute atomic E-state index is 0.00932. The van der Waals surface area contributed by atoms with Crippen molar-refractivity contribution >= 4 is 60.9 Å². The fraction of sp³-hybridized carbons (Fsp3) is 0.386. The molecule has 18 heteroatoms. The number of anilines is 3. The number of piperidine rings is 1. The minimum atomic E-state index is -4.03. The molecule has 4 aromatic rings. The molecule has 330 valence electrons. The number of nitrogens with zero attached hydrogens (tertiary/aromatic N) is 3. The van der Waals surface area contributed by atoms with Crippen LogP contribution in [0.25, 0.3) is 0 Å². The zero-order chi connectivity index (χ0) is 44.4. The van der Waals surface area contributed by atoms with Crippen molar-refractivity contribution in [1.82, 2.24) is 14.6 Å². The number of nitrogens with one attached hydrogen (secondary N) is 3. The van der Waals surface area contributed by atoms with Gasteiger partial charge in [0.25, 0.3) is 17.7 Å². The number of amides is 3. The van der Waals surface area contributed by atoms with Crippen molar-refractivity contribution in [2.24, 2.45) is 11.1 Å². The molecule has 1 aromatic heterocycles. The van der Waals surface area contributed by atoms with Crippen molar-refractivity contribution in [3.8, 4) is 0 Å². The Morgan fingerprint density at radius 2 is 1.42 bits per heavy atom. The molecule has 6 N–H and O–H groups in total. The number of carboxylic acid groups (broad SMARTS) is 1. The second-order valence-electron chi connectivity index (χ2n) is 15.6. The molecular weight excluding hydrogens is 835 g/mol. The third kappa shape index (κ3) is 12.0. The van der Waals surface area contributed by atoms with Gasteiger partial charge in [0, 0.05) is 49.0 Å². The molecule has 3 aromatic carbocycles. The lowest BCUT2D eigenvalue weighted by atomic mass is 9.86. The van der Waals surface area contributed by atoms with E-state index >= 15 is 0 Å². The van der Waals surface area contributed by atoms with Gasteiger partial charge in [-0.15, -0.1) is 0 Å². The molecule has 62 heavy (non-hydrogen) atoms. The van der Waals surface area contributed by atoms with Crippen LogP contribution in [-0.2, 0) is 37.7 Å². The van der Waals surface area contributed by atoms with Gasteiger partial charge in [-0.1, -0.05) is 37.3 Å². The van der Waals surface area contributed by atoms with E-state index in [9.17, 15) is 41.1 Å². The van der Waals surface area contributed by atoms with Gasteiger partial charge in [0.2, 0.25) is 20.0 Å². The van der Waals surface area contributed by atoms with E-state index in [4.69, 9.17) is 10.1 Å². The third-order valence-corrected chi connectivity index (χ3v) is 14.1. The molecule has 0 unspecified atom stereocenters. The Labute approximate surface area is 362 Å². The van der Waals surface area contributed by atoms with Crippen molar-refractivity contribution in [3.05, 3.63) is 113 Å². The van der Waals surface area contributed by atoms with E-state index in [-0.39, 0.29) is 46.7 Å². The first-order valence-electron chi connectivity index (χ1n) is 20.8. The first kappa shape index (κ1) is 45.8. The van der Waals surface area contributed by atoms with Crippen LogP contribution < -0.4 is 26.0 Å². The van der Waals surface area contributed by atoms with Gasteiger partial charge in [-0.05, 0) is 124 Å². The molecule has 1 aliphatic carbocycles. The summed E-state index contributed by atoms with van der Waals surface area (Å²) in [6.07, 6.45) is 6.06. The predicted octanol–water partition coefficient (Wildman–Crippen LogP) is 5.03. The topological polar surface area (TPSA) is 238 Å². The molecule has 0 spiro atoms. The summed E-state index contributed by atoms with van der Waals surface area (Å²) in [7, 11) is -7.70. The van der Waals surface area contributed by atoms with Crippen LogP contribution in [0, 0.1) is 5.92 Å². The number of hydrogen-bond donors (Lipinski definition) is 5. The SMILES string of the molecule is CCN(C1CCC(C(=O)O)CC1)S(=O)(=O)c1cccc(C(=O)Nc2ccc(N3CCCCC3)nc2C(=O)Nc2ccc(CCc3ccc(C(=O)NCCS(N)(=O)=O)cc3)cc2)c1. The number of primary sulfonamides is 1. The Kier molecular flexibility index (Phi) is 15.1. The van der Waals surface area contributed by atoms with Crippen LogP contribution in [0.3, 0.4) is 0 Å². The average molecular weight is 888 g/mol. The summed E-state index contributed by atoms with van der Waals surface area (Å²) in [6.45, 7) is 3.40. The van der Waals surface area contributed by atoms with Crippen LogP contribution in [0.15, 0.2) is 89.8 Å². The summed E-state index contributed by atoms with van der Waals surface area (Å²) < 4.78 is 51.4. The van der Waals surface area contributed by atoms with Gasteiger partial charge in [0.05, 0.1) is 22.3 Å². The summed E-state index contributed by atoms with van der Waals surface area (Å²) in [5.41, 5.74) is 3.11. The van der Waals surface area contributed by atoms with Crippen LogP contribution in [0.1, 0.15) is 94.2 Å². The van der Waals surface area contributed by atoms with Crippen molar-refractivity contribution in [1.29, 1.82) is 0 Å². The number of carbonyl (C=O) groups excluding carboxylic acids is 3. The molecule has 2 fully saturated rings. The summed E-state index contributed by atoms with van der Waals surface area (Å²) in [4.78, 5) is 58.3. The average Bonchev–Trinajstić information content (AvgIpc) is 3.26. The summed E-state index contributed by atoms with van der Waals surface area (Å²) in [5.74, 6) is -2.68. The Morgan fingerprint density at radius 1 is 0.774 bits per heavy atom. The molecule has 1 saturated carbocycles. The Morgan fingerprint density at radius 3 is 2.03 bits per heavy atom. The lowest BCUT2D eigenvalue weighted by Gasteiger charge is -2.34. The summed E-state index contributed by atoms with van der Waals surface area (Å²) >= 11 is 0. The van der Waals surface area contributed by atoms with Gasteiger partial charge in [0.15, 0.2) is 5.69 Å². The van der Waals surface area contributed by atoms with Crippen molar-refractivity contribution in [2.45, 2.75) is 75.6 Å². The molecule has 1 saturated heterocycles. The number of aryl methyl sites for hydroxylation is 2. The first-order valence-corrected chi connectivity index (χ1v) is 24.0. The fourth-order valence-electron chi connectivity index (χ4n) is 7.85. The van der Waals surface area contributed by atoms with Gasteiger partial charge >= 0.3 is 5.97 Å². The molecule has 2 aliphatic rings. The lowest BCUT2D eigenvalue weighted by molar-refractivity contribution is -0.143. The maximum Gasteiger partial charge on any atom is 0.306 e. The van der Waals surface area contributed by atoms with Crippen LogP contribution in [-0.4, -0.2) is 92.9 Å². The number of benzene rings is 3. The Balaban J connectivity index is 1.12. The summed E-state index contributed by atoms with van der Waals surface area (Å²) in [6, 6.07) is 23.1. The number of carbonyl (C=O) groups is 4. The summed E-state index contributed by atoms with van der Waals surface area (Å²) in [5, 5.41) is 22.6. The molecule has 16 nitrogen and oxygen atoms in total. The highest BCUT2D eigenvalue weighted by atomic mass is 32.2. The van der Waals surface area contributed by atoms with E-state index in [2.05, 4.69) is 20.9 Å². The molecule has 1 aliphatic heterocycles. The number of nitrogens with two attached hydrogens (primary N) is 1. The van der Waals surface area contributed by atoms with Gasteiger partial charge in [-0.2, -0.15) is 4.31 Å². The van der Waals surface area contributed by atoms with Crippen molar-refractivity contribution < 1.29 is 41.1 Å². The number of aliphatic carboxylic acids is 1. The van der Waals surface area contributed by atoms with Crippen LogP contribution in [0.5, 0.6) is 0 Å². The number of pyridine rings is 1. The largest absolute Gasteiger partial charge is 0.481 e. The molecular formula is C44H53N7O9S2. The number of carboxylic acids is 1. The normalized spacial score (nSPS) is 17.0. The second kappa shape index (κ2) is 20.5. The van der Waals surface area contributed by atoms with E-state index in [1.807, 2.05) is 24.3 Å². The van der Waals surface area contributed by atoms with Gasteiger partial charge in [-0.3, -0.25) is 19.2 Å². The number of aromatic nitrogens is 1. The van der Waals surface area contributed by atoms with E-state index < -0.39 is 49.7 Å². The van der Waals surface area contributed by atoms with E-state index in [0.29, 0.717) is 55.6 Å². The van der Waals surface area contributed by atoms with Gasteiger partial charge in [0.1, 0.15) is 5.82 Å². The van der Waals surface area contributed by atoms with E-state index in [1.54, 1.807) is 43.3 Å². The highest BCUT2D eigenvalue weighted by molar-refractivity contribution is 7.89. The van der Waals surface area contributed by atoms with E-state index in [1.165, 1.54) is 28.6 Å². The molecule has 0 bridgehead atoms. The molecule has 2 heterocycles. The third-order valence-electron chi connectivity index (χ3n) is 11.3. The number of sulfonamides is 2. The van der Waals surface area contributed by atoms with Crippen molar-refractivity contribution in [3.63, 3.8) is 0 Å². The highest BCUT2D eigenvalue weighted by Crippen LogP contribution is 2.32. The van der Waals surface area contributed by atoms with Gasteiger partial charge < -0.3 is 26.0 Å². The number of rotatable bonds is 17. The Bertz CT molecular complexity index is 2470. The maximum atomic E-state index is 13.9. The van der Waals surface area contributed by atoms with Crippen LogP contribution in [0.2, 0.25) is 0 Å². The smallest absolute Gasteiger partial charge is 0.306 e. The Hall–Kier alpha value is -5.69. The highest BCUT2D eigenvalue weighted by Gasteiger charge is 2.35. The first-order chi connectivity index (χ1) is 29.6. The second-order valence-corrected chi connectivity index (χ2v) is 19.2.